The maximum atomic E-state index is 11.0. The lowest BCUT2D eigenvalue weighted by atomic mass is 9.92. The number of aliphatic carboxylic acids is 1. The molecule has 37 heavy (non-hydrogen) atoms. The molecule has 0 aliphatic carbocycles. The highest BCUT2D eigenvalue weighted by Crippen LogP contribution is 2.33. The van der Waals surface area contributed by atoms with Crippen LogP contribution in [-0.2, 0) is 28.1 Å². The van der Waals surface area contributed by atoms with Crippen LogP contribution < -0.4 is 5.73 Å². The molecule has 1 saturated heterocycles. The molecule has 7 heteroatoms. The third-order valence-corrected chi connectivity index (χ3v) is 8.59. The number of carboxylic acid groups (broad SMARTS) is 1. The summed E-state index contributed by atoms with van der Waals surface area (Å²) in [6.07, 6.45) is 3.16. The predicted octanol–water partition coefficient (Wildman–Crippen LogP) is 6.86. The van der Waals surface area contributed by atoms with Crippen LogP contribution in [0.25, 0.3) is 10.9 Å². The lowest BCUT2D eigenvalue weighted by molar-refractivity contribution is -0.136. The Bertz CT molecular complexity index is 1400. The molecule has 3 aromatic carbocycles. The highest BCUT2D eigenvalue weighted by Gasteiger charge is 2.16. The van der Waals surface area contributed by atoms with E-state index in [1.54, 1.807) is 23.5 Å². The number of nitrogens with zero attached hydrogens (tertiary/aromatic N) is 1. The fourth-order valence-corrected chi connectivity index (χ4v) is 6.50. The van der Waals surface area contributed by atoms with Crippen molar-refractivity contribution in [3.05, 3.63) is 89.5 Å². The standard InChI is InChI=1S/C30H30N2O3S2/c31-30-24(13-20-9-11-35-12-10-20)17-23-18-27(7-8-28(23)32-30)37-26-6-2-4-22(15-26)19-36-25-5-1-3-21(14-25)16-29(33)34/h1-8,14-15,17-18,20H,9-13,16,19H2,(H2,31,32)(H,33,34). The Balaban J connectivity index is 1.27. The number of aromatic nitrogens is 1. The van der Waals surface area contributed by atoms with E-state index in [0.717, 1.165) is 65.2 Å². The summed E-state index contributed by atoms with van der Waals surface area (Å²) >= 11 is 3.46. The number of benzene rings is 3. The highest BCUT2D eigenvalue weighted by atomic mass is 32.2. The Kier molecular flexibility index (Phi) is 8.34. The number of carboxylic acids is 1. The third-order valence-electron chi connectivity index (χ3n) is 6.54. The van der Waals surface area contributed by atoms with Crippen LogP contribution in [0.2, 0.25) is 0 Å². The molecule has 0 spiro atoms. The summed E-state index contributed by atoms with van der Waals surface area (Å²) in [4.78, 5) is 19.1. The molecule has 0 atom stereocenters. The average molecular weight is 531 g/mol. The van der Waals surface area contributed by atoms with Gasteiger partial charge < -0.3 is 15.6 Å². The maximum Gasteiger partial charge on any atom is 0.307 e. The smallest absolute Gasteiger partial charge is 0.307 e. The molecule has 3 N–H and O–H groups in total. The van der Waals surface area contributed by atoms with Crippen molar-refractivity contribution in [2.75, 3.05) is 18.9 Å². The van der Waals surface area contributed by atoms with Gasteiger partial charge in [0.15, 0.2) is 0 Å². The van der Waals surface area contributed by atoms with E-state index in [1.165, 1.54) is 15.4 Å². The minimum absolute atomic E-state index is 0.0471. The molecule has 5 nitrogen and oxygen atoms in total. The van der Waals surface area contributed by atoms with Crippen molar-refractivity contribution in [3.8, 4) is 0 Å². The molecule has 1 aliphatic heterocycles. The second kappa shape index (κ2) is 12.0. The Hall–Kier alpha value is -3.00. The van der Waals surface area contributed by atoms with Gasteiger partial charge in [0.2, 0.25) is 0 Å². The Morgan fingerprint density at radius 3 is 2.49 bits per heavy atom. The molecule has 0 saturated carbocycles. The van der Waals surface area contributed by atoms with Crippen LogP contribution in [0.3, 0.4) is 0 Å². The number of thioether (sulfide) groups is 1. The van der Waals surface area contributed by atoms with Gasteiger partial charge in [-0.1, -0.05) is 36.0 Å². The average Bonchev–Trinajstić information content (AvgIpc) is 2.89. The molecule has 5 rings (SSSR count). The highest BCUT2D eigenvalue weighted by molar-refractivity contribution is 7.99. The van der Waals surface area contributed by atoms with E-state index in [0.29, 0.717) is 11.7 Å². The number of pyridine rings is 1. The summed E-state index contributed by atoms with van der Waals surface area (Å²) in [5.41, 5.74) is 10.4. The normalized spacial score (nSPS) is 14.2. The van der Waals surface area contributed by atoms with Crippen molar-refractivity contribution in [3.63, 3.8) is 0 Å². The zero-order valence-electron chi connectivity index (χ0n) is 20.6. The number of fused-ring (bicyclic) bond motifs is 1. The molecule has 190 valence electrons. The zero-order chi connectivity index (χ0) is 25.6. The van der Waals surface area contributed by atoms with Crippen molar-refractivity contribution in [1.82, 2.24) is 4.98 Å². The van der Waals surface area contributed by atoms with E-state index < -0.39 is 5.97 Å². The molecule has 1 aromatic heterocycles. The molecule has 4 aromatic rings. The fourth-order valence-electron chi connectivity index (χ4n) is 4.62. The van der Waals surface area contributed by atoms with Crippen molar-refractivity contribution in [1.29, 1.82) is 0 Å². The van der Waals surface area contributed by atoms with Gasteiger partial charge in [0.1, 0.15) is 5.82 Å². The van der Waals surface area contributed by atoms with Gasteiger partial charge in [0, 0.05) is 39.0 Å². The van der Waals surface area contributed by atoms with Gasteiger partial charge in [-0.05, 0) is 90.4 Å². The van der Waals surface area contributed by atoms with Crippen molar-refractivity contribution in [2.45, 2.75) is 46.1 Å². The number of hydrogen-bond acceptors (Lipinski definition) is 6. The van der Waals surface area contributed by atoms with Crippen LogP contribution in [0.4, 0.5) is 5.82 Å². The van der Waals surface area contributed by atoms with Crippen LogP contribution in [0.1, 0.15) is 29.5 Å². The third kappa shape index (κ3) is 7.06. The summed E-state index contributed by atoms with van der Waals surface area (Å²) in [5, 5.41) is 10.2. The van der Waals surface area contributed by atoms with Crippen molar-refractivity contribution in [2.24, 2.45) is 5.92 Å². The Morgan fingerprint density at radius 2 is 1.68 bits per heavy atom. The predicted molar refractivity (Wildman–Crippen MR) is 151 cm³/mol. The topological polar surface area (TPSA) is 85.4 Å². The van der Waals surface area contributed by atoms with Crippen LogP contribution in [0, 0.1) is 5.92 Å². The summed E-state index contributed by atoms with van der Waals surface area (Å²) in [6.45, 7) is 1.67. The van der Waals surface area contributed by atoms with Gasteiger partial charge in [-0.15, -0.1) is 11.8 Å². The Morgan fingerprint density at radius 1 is 0.946 bits per heavy atom. The molecule has 2 heterocycles. The second-order valence-electron chi connectivity index (χ2n) is 9.40. The quantitative estimate of drug-likeness (QED) is 0.229. The van der Waals surface area contributed by atoms with E-state index >= 15 is 0 Å². The summed E-state index contributed by atoms with van der Waals surface area (Å²) < 4.78 is 5.50. The SMILES string of the molecule is Nc1nc2ccc(Sc3cccc(CSc4cccc(CC(=O)O)c4)c3)cc2cc1CC1CCOCC1. The minimum Gasteiger partial charge on any atom is -0.481 e. The number of hydrogen-bond donors (Lipinski definition) is 2. The van der Waals surface area contributed by atoms with E-state index in [-0.39, 0.29) is 6.42 Å². The number of nitrogens with two attached hydrogens (primary N) is 1. The van der Waals surface area contributed by atoms with E-state index in [2.05, 4.69) is 53.5 Å². The van der Waals surface area contributed by atoms with Gasteiger partial charge >= 0.3 is 5.97 Å². The largest absolute Gasteiger partial charge is 0.481 e. The summed E-state index contributed by atoms with van der Waals surface area (Å²) in [7, 11) is 0. The summed E-state index contributed by atoms with van der Waals surface area (Å²) in [5.74, 6) is 1.25. The van der Waals surface area contributed by atoms with Crippen LogP contribution >= 0.6 is 23.5 Å². The molecule has 1 fully saturated rings. The minimum atomic E-state index is -0.810. The summed E-state index contributed by atoms with van der Waals surface area (Å²) in [6, 6.07) is 24.9. The number of ether oxygens (including phenoxy) is 1. The number of anilines is 1. The first-order valence-electron chi connectivity index (χ1n) is 12.5. The molecule has 0 radical (unpaired) electrons. The van der Waals surface area contributed by atoms with Gasteiger partial charge in [-0.2, -0.15) is 0 Å². The first-order valence-corrected chi connectivity index (χ1v) is 14.3. The molecule has 0 bridgehead atoms. The van der Waals surface area contributed by atoms with Gasteiger partial charge in [-0.3, -0.25) is 4.79 Å². The number of nitrogen functional groups attached to an aromatic ring is 1. The molecular weight excluding hydrogens is 500 g/mol. The molecule has 1 aliphatic rings. The Labute approximate surface area is 225 Å². The second-order valence-corrected chi connectivity index (χ2v) is 11.6. The molecule has 0 amide bonds. The van der Waals surface area contributed by atoms with Crippen LogP contribution in [0.5, 0.6) is 0 Å². The first kappa shape index (κ1) is 25.6. The first-order chi connectivity index (χ1) is 18.0. The van der Waals surface area contributed by atoms with Crippen molar-refractivity contribution >= 4 is 46.2 Å². The van der Waals surface area contributed by atoms with Crippen LogP contribution in [0.15, 0.2) is 87.5 Å². The lowest BCUT2D eigenvalue weighted by Crippen LogP contribution is -2.18. The zero-order valence-corrected chi connectivity index (χ0v) is 22.2. The fraction of sp³-hybridized carbons (Fsp3) is 0.267. The van der Waals surface area contributed by atoms with Gasteiger partial charge in [0.05, 0.1) is 11.9 Å². The van der Waals surface area contributed by atoms with Crippen molar-refractivity contribution < 1.29 is 14.6 Å². The van der Waals surface area contributed by atoms with E-state index in [9.17, 15) is 4.79 Å². The maximum absolute atomic E-state index is 11.0. The van der Waals surface area contributed by atoms with Crippen LogP contribution in [-0.4, -0.2) is 29.3 Å². The number of carbonyl (C=O) groups is 1. The monoisotopic (exact) mass is 530 g/mol. The lowest BCUT2D eigenvalue weighted by Gasteiger charge is -2.22. The van der Waals surface area contributed by atoms with E-state index in [1.807, 2.05) is 24.3 Å². The van der Waals surface area contributed by atoms with E-state index in [4.69, 9.17) is 15.6 Å². The molecular formula is C30H30N2O3S2. The van der Waals surface area contributed by atoms with Gasteiger partial charge in [-0.25, -0.2) is 4.98 Å². The number of rotatable bonds is 9. The van der Waals surface area contributed by atoms with Gasteiger partial charge in [0.25, 0.3) is 0 Å². The molecule has 0 unspecified atom stereocenters.